The van der Waals surface area contributed by atoms with Gasteiger partial charge in [-0.2, -0.15) is 0 Å². The Hall–Kier alpha value is -2.08. The van der Waals surface area contributed by atoms with Crippen molar-refractivity contribution in [3.8, 4) is 0 Å². The first-order chi connectivity index (χ1) is 16.0. The lowest BCUT2D eigenvalue weighted by Crippen LogP contribution is -2.57. The Morgan fingerprint density at radius 3 is 2.21 bits per heavy atom. The molecule has 3 atom stereocenters. The predicted molar refractivity (Wildman–Crippen MR) is 130 cm³/mol. The van der Waals surface area contributed by atoms with Crippen molar-refractivity contribution in [1.82, 2.24) is 14.7 Å². The van der Waals surface area contributed by atoms with Gasteiger partial charge in [-0.25, -0.2) is 0 Å². The number of piperidine rings is 2. The minimum Gasteiger partial charge on any atom is -0.340 e. The molecule has 0 spiro atoms. The number of hydrogen-bond donors (Lipinski definition) is 0. The van der Waals surface area contributed by atoms with E-state index in [4.69, 9.17) is 23.2 Å². The Labute approximate surface area is 205 Å². The first-order valence-corrected chi connectivity index (χ1v) is 12.5. The number of amides is 2. The number of rotatable bonds is 5. The summed E-state index contributed by atoms with van der Waals surface area (Å²) in [5, 5.41) is 1.05. The highest BCUT2D eigenvalue weighted by Gasteiger charge is 2.42. The molecule has 0 aromatic heterocycles. The summed E-state index contributed by atoms with van der Waals surface area (Å²) >= 11 is 12.7. The van der Waals surface area contributed by atoms with E-state index in [1.54, 1.807) is 23.1 Å². The number of fused-ring (bicyclic) bond motifs is 2. The average Bonchev–Trinajstić information content (AvgIpc) is 3.16. The molecule has 2 aromatic carbocycles. The zero-order valence-corrected chi connectivity index (χ0v) is 20.1. The van der Waals surface area contributed by atoms with Crippen LogP contribution < -0.4 is 0 Å². The average molecular weight is 486 g/mol. The van der Waals surface area contributed by atoms with E-state index in [0.29, 0.717) is 40.3 Å². The molecule has 0 aliphatic carbocycles. The molecule has 5 nitrogen and oxygen atoms in total. The second kappa shape index (κ2) is 9.65. The Morgan fingerprint density at radius 1 is 0.879 bits per heavy atom. The Morgan fingerprint density at radius 2 is 1.55 bits per heavy atom. The quantitative estimate of drug-likeness (QED) is 0.627. The zero-order valence-electron chi connectivity index (χ0n) is 18.6. The molecule has 3 saturated heterocycles. The topological polar surface area (TPSA) is 43.9 Å². The summed E-state index contributed by atoms with van der Waals surface area (Å²) in [4.78, 5) is 32.5. The van der Waals surface area contributed by atoms with Crippen LogP contribution in [0.4, 0.5) is 0 Å². The van der Waals surface area contributed by atoms with Crippen LogP contribution in [0.1, 0.15) is 30.4 Å². The van der Waals surface area contributed by atoms with E-state index in [-0.39, 0.29) is 18.4 Å². The second-order valence-corrected chi connectivity index (χ2v) is 10.5. The normalized spacial score (nSPS) is 25.5. The summed E-state index contributed by atoms with van der Waals surface area (Å²) in [6.45, 7) is 4.80. The number of benzene rings is 2. The fourth-order valence-electron chi connectivity index (χ4n) is 5.79. The van der Waals surface area contributed by atoms with Gasteiger partial charge in [-0.05, 0) is 42.4 Å². The van der Waals surface area contributed by atoms with Crippen molar-refractivity contribution in [3.63, 3.8) is 0 Å². The first-order valence-electron chi connectivity index (χ1n) is 11.8. The predicted octanol–water partition coefficient (Wildman–Crippen LogP) is 4.46. The van der Waals surface area contributed by atoms with Crippen molar-refractivity contribution >= 4 is 35.0 Å². The highest BCUT2D eigenvalue weighted by atomic mass is 35.5. The molecule has 7 heteroatoms. The minimum absolute atomic E-state index is 0.00410. The third kappa shape index (κ3) is 4.91. The second-order valence-electron chi connectivity index (χ2n) is 9.67. The van der Waals surface area contributed by atoms with Crippen LogP contribution >= 0.6 is 23.2 Å². The largest absolute Gasteiger partial charge is 0.340 e. The van der Waals surface area contributed by atoms with Crippen molar-refractivity contribution in [2.24, 2.45) is 11.8 Å². The van der Waals surface area contributed by atoms with Gasteiger partial charge in [0.2, 0.25) is 11.8 Å². The molecular formula is C26H29Cl2N3O2. The van der Waals surface area contributed by atoms with Gasteiger partial charge in [-0.15, -0.1) is 0 Å². The van der Waals surface area contributed by atoms with Crippen molar-refractivity contribution in [3.05, 3.63) is 69.7 Å². The number of likely N-dealkylation sites (tertiary alicyclic amines) is 3. The number of nitrogens with zero attached hydrogens (tertiary/aromatic N) is 3. The van der Waals surface area contributed by atoms with Gasteiger partial charge in [0.25, 0.3) is 0 Å². The summed E-state index contributed by atoms with van der Waals surface area (Å²) in [6.07, 6.45) is 2.13. The molecule has 5 rings (SSSR count). The maximum absolute atomic E-state index is 13.6. The van der Waals surface area contributed by atoms with E-state index in [9.17, 15) is 9.59 Å². The zero-order chi connectivity index (χ0) is 22.9. The Balaban J connectivity index is 1.25. The van der Waals surface area contributed by atoms with E-state index >= 15 is 0 Å². The molecule has 3 aliphatic heterocycles. The third-order valence-electron chi connectivity index (χ3n) is 7.22. The lowest BCUT2D eigenvalue weighted by Gasteiger charge is -2.46. The maximum Gasteiger partial charge on any atom is 0.245 e. The van der Waals surface area contributed by atoms with Crippen molar-refractivity contribution in [1.29, 1.82) is 0 Å². The molecule has 0 N–H and O–H groups in total. The lowest BCUT2D eigenvalue weighted by molar-refractivity contribution is -0.145. The van der Waals surface area contributed by atoms with E-state index in [2.05, 4.69) is 35.2 Å². The molecule has 0 radical (unpaired) electrons. The molecule has 2 amide bonds. The monoisotopic (exact) mass is 485 g/mol. The molecule has 0 saturated carbocycles. The minimum atomic E-state index is -0.427. The van der Waals surface area contributed by atoms with Gasteiger partial charge in [0.15, 0.2) is 0 Å². The summed E-state index contributed by atoms with van der Waals surface area (Å²) in [7, 11) is 0. The summed E-state index contributed by atoms with van der Waals surface area (Å²) in [5.41, 5.74) is 2.05. The summed E-state index contributed by atoms with van der Waals surface area (Å²) in [5.74, 6) is 1.04. The molecule has 33 heavy (non-hydrogen) atoms. The Kier molecular flexibility index (Phi) is 6.64. The number of carbonyl (C=O) groups is 2. The van der Waals surface area contributed by atoms with Gasteiger partial charge in [-0.3, -0.25) is 14.5 Å². The third-order valence-corrected chi connectivity index (χ3v) is 7.93. The number of carbonyl (C=O) groups excluding carboxylic acids is 2. The Bertz CT molecular complexity index is 997. The van der Waals surface area contributed by atoms with E-state index in [1.807, 2.05) is 4.90 Å². The maximum atomic E-state index is 13.6. The highest BCUT2D eigenvalue weighted by molar-refractivity contribution is 6.36. The summed E-state index contributed by atoms with van der Waals surface area (Å²) in [6, 6.07) is 15.5. The van der Waals surface area contributed by atoms with E-state index < -0.39 is 6.04 Å². The molecule has 3 aliphatic rings. The van der Waals surface area contributed by atoms with E-state index in [0.717, 1.165) is 32.7 Å². The van der Waals surface area contributed by atoms with Crippen LogP contribution in [-0.2, 0) is 22.7 Å². The van der Waals surface area contributed by atoms with Crippen molar-refractivity contribution < 1.29 is 9.59 Å². The molecule has 2 unspecified atom stereocenters. The summed E-state index contributed by atoms with van der Waals surface area (Å²) < 4.78 is 0. The standard InChI is InChI=1S/C26H29Cl2N3O2/c27-22-7-4-8-23(28)21(22)17-31-24(9-10-25(31)32)26(33)30-15-19-11-20(16-30)14-29(13-19)12-18-5-2-1-3-6-18/h1-8,19-20,24H,9-17H2/t19?,20?,24-/m0/s1. The molecular weight excluding hydrogens is 457 g/mol. The molecule has 3 heterocycles. The van der Waals surface area contributed by atoms with Crippen LogP contribution in [0, 0.1) is 11.8 Å². The molecule has 174 valence electrons. The van der Waals surface area contributed by atoms with Crippen LogP contribution in [0.15, 0.2) is 48.5 Å². The van der Waals surface area contributed by atoms with Crippen LogP contribution in [0.25, 0.3) is 0 Å². The fourth-order valence-corrected chi connectivity index (χ4v) is 6.31. The smallest absolute Gasteiger partial charge is 0.245 e. The van der Waals surface area contributed by atoms with Crippen molar-refractivity contribution in [2.45, 2.75) is 38.4 Å². The van der Waals surface area contributed by atoms with Crippen LogP contribution in [0.5, 0.6) is 0 Å². The van der Waals surface area contributed by atoms with Gasteiger partial charge in [0, 0.05) is 61.3 Å². The molecule has 2 bridgehead atoms. The van der Waals surface area contributed by atoms with Gasteiger partial charge < -0.3 is 9.80 Å². The van der Waals surface area contributed by atoms with Gasteiger partial charge >= 0.3 is 0 Å². The van der Waals surface area contributed by atoms with Gasteiger partial charge in [0.05, 0.1) is 0 Å². The van der Waals surface area contributed by atoms with Gasteiger partial charge in [-0.1, -0.05) is 59.6 Å². The van der Waals surface area contributed by atoms with Crippen molar-refractivity contribution in [2.75, 3.05) is 26.2 Å². The van der Waals surface area contributed by atoms with Crippen LogP contribution in [-0.4, -0.2) is 58.7 Å². The highest BCUT2D eigenvalue weighted by Crippen LogP contribution is 2.33. The molecule has 3 fully saturated rings. The van der Waals surface area contributed by atoms with E-state index in [1.165, 1.54) is 12.0 Å². The molecule has 2 aromatic rings. The number of hydrogen-bond acceptors (Lipinski definition) is 3. The SMILES string of the molecule is O=C([C@@H]1CCC(=O)N1Cc1c(Cl)cccc1Cl)N1CC2CC(CN(Cc3ccccc3)C2)C1. The fraction of sp³-hybridized carbons (Fsp3) is 0.462. The van der Waals surface area contributed by atoms with Gasteiger partial charge in [0.1, 0.15) is 6.04 Å². The lowest BCUT2D eigenvalue weighted by atomic mass is 9.84. The first kappa shape index (κ1) is 22.7. The van der Waals surface area contributed by atoms with Crippen LogP contribution in [0.3, 0.4) is 0 Å². The number of halogens is 2. The van der Waals surface area contributed by atoms with Crippen LogP contribution in [0.2, 0.25) is 10.0 Å².